The molecule has 1 aliphatic rings. The summed E-state index contributed by atoms with van der Waals surface area (Å²) in [6, 6.07) is 9.42. The van der Waals surface area contributed by atoms with Crippen LogP contribution in [-0.2, 0) is 17.5 Å². The van der Waals surface area contributed by atoms with E-state index in [2.05, 4.69) is 10.3 Å². The van der Waals surface area contributed by atoms with Gasteiger partial charge in [-0.05, 0) is 42.2 Å². The van der Waals surface area contributed by atoms with E-state index in [0.717, 1.165) is 24.5 Å². The molecule has 1 N–H and O–H groups in total. The first-order valence-electron chi connectivity index (χ1n) is 7.96. The highest BCUT2D eigenvalue weighted by Gasteiger charge is 2.33. The summed E-state index contributed by atoms with van der Waals surface area (Å²) >= 11 is 0. The fourth-order valence-electron chi connectivity index (χ4n) is 3.06. The largest absolute Gasteiger partial charge is 0.416 e. The van der Waals surface area contributed by atoms with Gasteiger partial charge in [0.2, 0.25) is 0 Å². The summed E-state index contributed by atoms with van der Waals surface area (Å²) in [7, 11) is 0. The van der Waals surface area contributed by atoms with E-state index in [1.54, 1.807) is 18.5 Å². The SMILES string of the molecule is FC(F)(F)c1ccccc1CN[C@H]1CCCO[C@@H]1c1ccncc1. The van der Waals surface area contributed by atoms with Gasteiger partial charge in [0.05, 0.1) is 11.7 Å². The van der Waals surface area contributed by atoms with Gasteiger partial charge in [0.25, 0.3) is 0 Å². The van der Waals surface area contributed by atoms with Crippen molar-refractivity contribution in [2.24, 2.45) is 0 Å². The number of halogens is 3. The van der Waals surface area contributed by atoms with Crippen molar-refractivity contribution in [3.05, 3.63) is 65.5 Å². The molecule has 0 amide bonds. The smallest absolute Gasteiger partial charge is 0.372 e. The maximum atomic E-state index is 13.1. The van der Waals surface area contributed by atoms with Gasteiger partial charge in [-0.2, -0.15) is 13.2 Å². The van der Waals surface area contributed by atoms with Gasteiger partial charge >= 0.3 is 6.18 Å². The van der Waals surface area contributed by atoms with Gasteiger partial charge in [-0.25, -0.2) is 0 Å². The second-order valence-corrected chi connectivity index (χ2v) is 5.86. The number of pyridine rings is 1. The van der Waals surface area contributed by atoms with E-state index in [1.807, 2.05) is 12.1 Å². The number of alkyl halides is 3. The Morgan fingerprint density at radius 3 is 2.62 bits per heavy atom. The first kappa shape index (κ1) is 16.9. The summed E-state index contributed by atoms with van der Waals surface area (Å²) in [6.07, 6.45) is 0.639. The van der Waals surface area contributed by atoms with Gasteiger partial charge < -0.3 is 10.1 Å². The molecule has 3 rings (SSSR count). The third kappa shape index (κ3) is 3.94. The topological polar surface area (TPSA) is 34.1 Å². The lowest BCUT2D eigenvalue weighted by atomic mass is 9.96. The van der Waals surface area contributed by atoms with Crippen molar-refractivity contribution in [3.8, 4) is 0 Å². The fourth-order valence-corrected chi connectivity index (χ4v) is 3.06. The van der Waals surface area contributed by atoms with Crippen LogP contribution in [0.25, 0.3) is 0 Å². The first-order valence-corrected chi connectivity index (χ1v) is 7.96. The number of hydrogen-bond donors (Lipinski definition) is 1. The van der Waals surface area contributed by atoms with Crippen molar-refractivity contribution in [1.29, 1.82) is 0 Å². The van der Waals surface area contributed by atoms with Crippen LogP contribution in [0.3, 0.4) is 0 Å². The second-order valence-electron chi connectivity index (χ2n) is 5.86. The van der Waals surface area contributed by atoms with E-state index in [4.69, 9.17) is 4.74 Å². The van der Waals surface area contributed by atoms with Crippen molar-refractivity contribution in [3.63, 3.8) is 0 Å². The van der Waals surface area contributed by atoms with Crippen LogP contribution in [-0.4, -0.2) is 17.6 Å². The average Bonchev–Trinajstić information content (AvgIpc) is 2.60. The molecule has 1 saturated heterocycles. The van der Waals surface area contributed by atoms with Gasteiger partial charge in [-0.1, -0.05) is 18.2 Å². The standard InChI is InChI=1S/C18H19F3N2O/c19-18(20,21)15-5-2-1-4-14(15)12-23-16-6-3-11-24-17(16)13-7-9-22-10-8-13/h1-2,4-5,7-10,16-17,23H,3,6,11-12H2/t16-,17+/m0/s1. The Bertz CT molecular complexity index is 661. The number of ether oxygens (including phenoxy) is 1. The van der Waals surface area contributed by atoms with E-state index in [0.29, 0.717) is 6.61 Å². The minimum atomic E-state index is -4.34. The van der Waals surface area contributed by atoms with Crippen molar-refractivity contribution >= 4 is 0 Å². The van der Waals surface area contributed by atoms with Crippen LogP contribution in [0, 0.1) is 0 Å². The van der Waals surface area contributed by atoms with E-state index >= 15 is 0 Å². The maximum absolute atomic E-state index is 13.1. The minimum Gasteiger partial charge on any atom is -0.372 e. The number of nitrogens with zero attached hydrogens (tertiary/aromatic N) is 1. The van der Waals surface area contributed by atoms with E-state index in [1.165, 1.54) is 12.1 Å². The molecular formula is C18H19F3N2O. The molecule has 2 heterocycles. The quantitative estimate of drug-likeness (QED) is 0.912. The van der Waals surface area contributed by atoms with E-state index in [9.17, 15) is 13.2 Å². The maximum Gasteiger partial charge on any atom is 0.416 e. The second kappa shape index (κ2) is 7.32. The Labute approximate surface area is 138 Å². The molecule has 1 fully saturated rings. The number of aromatic nitrogens is 1. The molecule has 1 aromatic carbocycles. The van der Waals surface area contributed by atoms with Crippen LogP contribution in [0.5, 0.6) is 0 Å². The van der Waals surface area contributed by atoms with Gasteiger partial charge in [0, 0.05) is 31.6 Å². The van der Waals surface area contributed by atoms with Crippen LogP contribution in [0.2, 0.25) is 0 Å². The number of benzene rings is 1. The van der Waals surface area contributed by atoms with Crippen molar-refractivity contribution < 1.29 is 17.9 Å². The molecule has 128 valence electrons. The third-order valence-corrected chi connectivity index (χ3v) is 4.23. The minimum absolute atomic E-state index is 0.0255. The lowest BCUT2D eigenvalue weighted by molar-refractivity contribution is -0.138. The van der Waals surface area contributed by atoms with Crippen LogP contribution >= 0.6 is 0 Å². The third-order valence-electron chi connectivity index (χ3n) is 4.23. The molecule has 0 bridgehead atoms. The van der Waals surface area contributed by atoms with Crippen molar-refractivity contribution in [2.45, 2.75) is 37.7 Å². The lowest BCUT2D eigenvalue weighted by Crippen LogP contribution is -2.39. The summed E-state index contributed by atoms with van der Waals surface area (Å²) in [5.74, 6) is 0. The summed E-state index contributed by atoms with van der Waals surface area (Å²) in [5, 5.41) is 3.25. The van der Waals surface area contributed by atoms with Gasteiger partial charge in [-0.15, -0.1) is 0 Å². The summed E-state index contributed by atoms with van der Waals surface area (Å²) < 4.78 is 45.1. The molecule has 6 heteroatoms. The molecule has 1 aliphatic heterocycles. The summed E-state index contributed by atoms with van der Waals surface area (Å²) in [6.45, 7) is 0.815. The zero-order valence-electron chi connectivity index (χ0n) is 13.1. The average molecular weight is 336 g/mol. The molecule has 0 aliphatic carbocycles. The zero-order chi connectivity index (χ0) is 17.0. The molecule has 0 radical (unpaired) electrons. The first-order chi connectivity index (χ1) is 11.6. The number of rotatable bonds is 4. The molecule has 2 aromatic rings. The monoisotopic (exact) mass is 336 g/mol. The van der Waals surface area contributed by atoms with Gasteiger partial charge in [0.15, 0.2) is 0 Å². The van der Waals surface area contributed by atoms with Crippen molar-refractivity contribution in [2.75, 3.05) is 6.61 Å². The Morgan fingerprint density at radius 2 is 1.88 bits per heavy atom. The molecule has 0 saturated carbocycles. The van der Waals surface area contributed by atoms with Gasteiger partial charge in [-0.3, -0.25) is 4.98 Å². The van der Waals surface area contributed by atoms with E-state index in [-0.39, 0.29) is 24.3 Å². The predicted molar refractivity (Wildman–Crippen MR) is 84.2 cm³/mol. The van der Waals surface area contributed by atoms with E-state index < -0.39 is 11.7 Å². The highest BCUT2D eigenvalue weighted by atomic mass is 19.4. The fraction of sp³-hybridized carbons (Fsp3) is 0.389. The normalized spacial score (nSPS) is 21.6. The molecule has 2 atom stereocenters. The Morgan fingerprint density at radius 1 is 1.12 bits per heavy atom. The van der Waals surface area contributed by atoms with Crippen LogP contribution < -0.4 is 5.32 Å². The van der Waals surface area contributed by atoms with Gasteiger partial charge in [0.1, 0.15) is 0 Å². The molecule has 24 heavy (non-hydrogen) atoms. The highest BCUT2D eigenvalue weighted by Crippen LogP contribution is 2.33. The molecule has 3 nitrogen and oxygen atoms in total. The Kier molecular flexibility index (Phi) is 5.16. The predicted octanol–water partition coefficient (Wildman–Crippen LogP) is 4.11. The summed E-state index contributed by atoms with van der Waals surface area (Å²) in [4.78, 5) is 4.00. The number of nitrogens with one attached hydrogen (secondary N) is 1. The van der Waals surface area contributed by atoms with Crippen LogP contribution in [0.4, 0.5) is 13.2 Å². The highest BCUT2D eigenvalue weighted by molar-refractivity contribution is 5.29. The zero-order valence-corrected chi connectivity index (χ0v) is 13.1. The van der Waals surface area contributed by atoms with Crippen LogP contribution in [0.15, 0.2) is 48.8 Å². The molecule has 0 unspecified atom stereocenters. The Hall–Kier alpha value is -1.92. The molecular weight excluding hydrogens is 317 g/mol. The molecule has 0 spiro atoms. The summed E-state index contributed by atoms with van der Waals surface area (Å²) in [5.41, 5.74) is 0.657. The number of hydrogen-bond acceptors (Lipinski definition) is 3. The van der Waals surface area contributed by atoms with Crippen LogP contribution in [0.1, 0.15) is 35.6 Å². The van der Waals surface area contributed by atoms with Crippen molar-refractivity contribution in [1.82, 2.24) is 10.3 Å². The lowest BCUT2D eigenvalue weighted by Gasteiger charge is -2.33. The molecule has 1 aromatic heterocycles. The Balaban J connectivity index is 1.74.